The van der Waals surface area contributed by atoms with Gasteiger partial charge in [-0.15, -0.1) is 0 Å². The fraction of sp³-hybridized carbons (Fsp3) is 0.946. The summed E-state index contributed by atoms with van der Waals surface area (Å²) in [5, 5.41) is 5.77. The van der Waals surface area contributed by atoms with Gasteiger partial charge in [0.1, 0.15) is 13.2 Å². The number of nitrogens with zero attached hydrogens (tertiary/aromatic N) is 1. The van der Waals surface area contributed by atoms with Crippen molar-refractivity contribution in [1.29, 1.82) is 0 Å². The highest BCUT2D eigenvalue weighted by molar-refractivity contribution is 6.60. The van der Waals surface area contributed by atoms with Crippen LogP contribution in [0.2, 0.25) is 6.04 Å². The summed E-state index contributed by atoms with van der Waals surface area (Å²) in [6.07, 6.45) is 24.2. The number of quaternary nitrogens is 1. The SMILES string of the molecule is CCCCCCCCCCCCNC(=O)OCC(C[N+](C)(C)CCC[Si](OC)(OC)OC)OC(=O)NCCCCCCCCCCCC. The van der Waals surface area contributed by atoms with E-state index in [-0.39, 0.29) is 6.61 Å². The molecule has 0 aromatic carbocycles. The smallest absolute Gasteiger partial charge is 0.445 e. The first-order valence-electron chi connectivity index (χ1n) is 19.5. The van der Waals surface area contributed by atoms with Gasteiger partial charge in [-0.2, -0.15) is 0 Å². The van der Waals surface area contributed by atoms with Crippen LogP contribution in [0, 0.1) is 0 Å². The highest BCUT2D eigenvalue weighted by Gasteiger charge is 2.38. The third-order valence-electron chi connectivity index (χ3n) is 9.15. The number of ether oxygens (including phenoxy) is 2. The summed E-state index contributed by atoms with van der Waals surface area (Å²) < 4.78 is 28.6. The Morgan fingerprint density at radius 1 is 0.583 bits per heavy atom. The van der Waals surface area contributed by atoms with E-state index in [9.17, 15) is 9.59 Å². The molecule has 2 N–H and O–H groups in total. The van der Waals surface area contributed by atoms with E-state index in [1.165, 1.54) is 103 Å². The maximum Gasteiger partial charge on any atom is 0.500 e. The van der Waals surface area contributed by atoms with E-state index >= 15 is 0 Å². The molecule has 0 saturated carbocycles. The third kappa shape index (κ3) is 27.4. The highest BCUT2D eigenvalue weighted by Crippen LogP contribution is 2.17. The largest absolute Gasteiger partial charge is 0.500 e. The molecule has 1 unspecified atom stereocenters. The Morgan fingerprint density at radius 3 is 1.40 bits per heavy atom. The van der Waals surface area contributed by atoms with Crippen LogP contribution < -0.4 is 10.6 Å². The normalized spacial score (nSPS) is 12.6. The van der Waals surface area contributed by atoms with Gasteiger partial charge in [-0.05, 0) is 12.8 Å². The van der Waals surface area contributed by atoms with E-state index in [2.05, 4.69) is 38.6 Å². The van der Waals surface area contributed by atoms with Crippen molar-refractivity contribution >= 4 is 21.0 Å². The number of carbonyl (C=O) groups is 2. The van der Waals surface area contributed by atoms with Crippen LogP contribution in [0.5, 0.6) is 0 Å². The maximum absolute atomic E-state index is 12.8. The van der Waals surface area contributed by atoms with Crippen molar-refractivity contribution in [1.82, 2.24) is 10.6 Å². The van der Waals surface area contributed by atoms with Crippen LogP contribution in [0.4, 0.5) is 9.59 Å². The zero-order valence-corrected chi connectivity index (χ0v) is 33.5. The zero-order chi connectivity index (χ0) is 35.8. The lowest BCUT2D eigenvalue weighted by Gasteiger charge is -2.34. The number of unbranched alkanes of at least 4 members (excludes halogenated alkanes) is 18. The molecule has 0 rings (SSSR count). The van der Waals surface area contributed by atoms with Gasteiger partial charge in [0, 0.05) is 46.9 Å². The predicted molar refractivity (Wildman–Crippen MR) is 199 cm³/mol. The first kappa shape index (κ1) is 46.6. The monoisotopic (exact) mass is 705 g/mol. The summed E-state index contributed by atoms with van der Waals surface area (Å²) in [6.45, 7) is 6.96. The van der Waals surface area contributed by atoms with Gasteiger partial charge in [0.2, 0.25) is 0 Å². The number of alkyl carbamates (subject to hydrolysis) is 2. The van der Waals surface area contributed by atoms with Gasteiger partial charge >= 0.3 is 21.0 Å². The van der Waals surface area contributed by atoms with Crippen molar-refractivity contribution in [3.8, 4) is 0 Å². The fourth-order valence-corrected chi connectivity index (χ4v) is 7.77. The van der Waals surface area contributed by atoms with Gasteiger partial charge in [0.05, 0.1) is 20.6 Å². The van der Waals surface area contributed by atoms with Crippen molar-refractivity contribution in [2.45, 2.75) is 161 Å². The van der Waals surface area contributed by atoms with Crippen LogP contribution >= 0.6 is 0 Å². The van der Waals surface area contributed by atoms with Gasteiger partial charge in [-0.25, -0.2) is 9.59 Å². The number of hydrogen-bond acceptors (Lipinski definition) is 7. The molecule has 0 aliphatic heterocycles. The summed E-state index contributed by atoms with van der Waals surface area (Å²) >= 11 is 0. The zero-order valence-electron chi connectivity index (χ0n) is 32.5. The van der Waals surface area contributed by atoms with E-state index in [0.717, 1.165) is 38.6 Å². The molecule has 286 valence electrons. The summed E-state index contributed by atoms with van der Waals surface area (Å²) in [6, 6.07) is 0.681. The minimum Gasteiger partial charge on any atom is -0.445 e. The average molecular weight is 705 g/mol. The standard InChI is InChI=1S/C37H77N3O7Si/c1-8-10-12-14-16-18-20-22-24-26-29-38-36(41)46-34-35(33-40(3,4)31-28-32-48(43-5,44-6)45-7)47-37(42)39-30-27-25-23-21-19-17-15-13-11-9-2/h35H,8-34H2,1-7H3,(H-,38,39,41,42)/p+1. The van der Waals surface area contributed by atoms with E-state index in [1.807, 2.05) is 0 Å². The molecule has 0 radical (unpaired) electrons. The van der Waals surface area contributed by atoms with Gasteiger partial charge in [0.15, 0.2) is 6.10 Å². The lowest BCUT2D eigenvalue weighted by molar-refractivity contribution is -0.893. The Balaban J connectivity index is 4.63. The molecular weight excluding hydrogens is 627 g/mol. The highest BCUT2D eigenvalue weighted by atomic mass is 28.4. The van der Waals surface area contributed by atoms with Gasteiger partial charge in [0.25, 0.3) is 0 Å². The topological polar surface area (TPSA) is 104 Å². The maximum atomic E-state index is 12.8. The van der Waals surface area contributed by atoms with Crippen LogP contribution in [-0.2, 0) is 22.8 Å². The summed E-state index contributed by atoms with van der Waals surface area (Å²) in [4.78, 5) is 25.2. The van der Waals surface area contributed by atoms with Crippen LogP contribution in [-0.4, -0.2) is 99.8 Å². The van der Waals surface area contributed by atoms with Crippen molar-refractivity contribution in [3.63, 3.8) is 0 Å². The Labute approximate surface area is 297 Å². The summed E-state index contributed by atoms with van der Waals surface area (Å²) in [5.41, 5.74) is 0. The molecule has 0 aromatic rings. The van der Waals surface area contributed by atoms with Crippen LogP contribution in [0.15, 0.2) is 0 Å². The lowest BCUT2D eigenvalue weighted by Crippen LogP contribution is -2.50. The number of likely N-dealkylation sites (N-methyl/N-ethyl adjacent to an activating group) is 1. The third-order valence-corrected chi connectivity index (χ3v) is 12.0. The first-order chi connectivity index (χ1) is 23.2. The molecule has 2 amide bonds. The van der Waals surface area contributed by atoms with E-state index < -0.39 is 27.1 Å². The van der Waals surface area contributed by atoms with Crippen LogP contribution in [0.1, 0.15) is 149 Å². The Morgan fingerprint density at radius 2 is 0.979 bits per heavy atom. The molecule has 0 saturated heterocycles. The van der Waals surface area contributed by atoms with Crippen molar-refractivity contribution in [2.75, 3.05) is 68.2 Å². The number of hydrogen-bond donors (Lipinski definition) is 2. The number of nitrogens with one attached hydrogen (secondary N) is 2. The lowest BCUT2D eigenvalue weighted by atomic mass is 10.1. The molecule has 0 bridgehead atoms. The van der Waals surface area contributed by atoms with E-state index in [1.54, 1.807) is 21.3 Å². The molecular formula is C37H78N3O7Si+. The van der Waals surface area contributed by atoms with Crippen molar-refractivity contribution < 1.29 is 36.8 Å². The Kier molecular flexibility index (Phi) is 30.6. The first-order valence-corrected chi connectivity index (χ1v) is 21.4. The second-order valence-electron chi connectivity index (χ2n) is 14.1. The molecule has 0 aromatic heterocycles. The minimum absolute atomic E-state index is 0.00409. The number of amides is 2. The molecule has 11 heteroatoms. The molecule has 0 aliphatic rings. The van der Waals surface area contributed by atoms with Crippen LogP contribution in [0.3, 0.4) is 0 Å². The molecule has 1 atom stereocenters. The van der Waals surface area contributed by atoms with Crippen LogP contribution in [0.25, 0.3) is 0 Å². The molecule has 0 fully saturated rings. The molecule has 48 heavy (non-hydrogen) atoms. The fourth-order valence-electron chi connectivity index (χ4n) is 6.06. The van der Waals surface area contributed by atoms with Crippen molar-refractivity contribution in [3.05, 3.63) is 0 Å². The van der Waals surface area contributed by atoms with Crippen molar-refractivity contribution in [2.24, 2.45) is 0 Å². The average Bonchev–Trinajstić information content (AvgIpc) is 3.07. The summed E-state index contributed by atoms with van der Waals surface area (Å²) in [5.74, 6) is 0. The van der Waals surface area contributed by atoms with Gasteiger partial charge in [-0.3, -0.25) is 0 Å². The molecule has 0 heterocycles. The quantitative estimate of drug-likeness (QED) is 0.0391. The minimum atomic E-state index is -2.67. The second-order valence-corrected chi connectivity index (χ2v) is 17.2. The van der Waals surface area contributed by atoms with E-state index in [4.69, 9.17) is 22.8 Å². The second kappa shape index (κ2) is 31.6. The van der Waals surface area contributed by atoms with Gasteiger partial charge in [-0.1, -0.05) is 129 Å². The summed E-state index contributed by atoms with van der Waals surface area (Å²) in [7, 11) is 6.36. The van der Waals surface area contributed by atoms with Gasteiger partial charge < -0.3 is 37.9 Å². The number of carbonyl (C=O) groups excluding carboxylic acids is 2. The molecule has 10 nitrogen and oxygen atoms in total. The predicted octanol–water partition coefficient (Wildman–Crippen LogP) is 8.99. The van der Waals surface area contributed by atoms with E-state index in [0.29, 0.717) is 30.2 Å². The Bertz CT molecular complexity index is 748. The Hall–Kier alpha value is -1.40. The number of rotatable bonds is 34. The molecule has 0 spiro atoms. The molecule has 0 aliphatic carbocycles.